The zero-order chi connectivity index (χ0) is 26.7. The van der Waals surface area contributed by atoms with Gasteiger partial charge in [-0.2, -0.15) is 0 Å². The molecule has 6 N–H and O–H groups in total. The summed E-state index contributed by atoms with van der Waals surface area (Å²) < 4.78 is 2.17. The molecule has 0 radical (unpaired) electrons. The zero-order valence-corrected chi connectivity index (χ0v) is 24.2. The van der Waals surface area contributed by atoms with Crippen LogP contribution in [0.1, 0.15) is 11.1 Å². The molecule has 0 bridgehead atoms. The average molecular weight is 637 g/mol. The second-order valence-corrected chi connectivity index (χ2v) is 14.9. The molecular weight excluding hydrogens is 606 g/mol. The van der Waals surface area contributed by atoms with E-state index < -0.39 is 12.1 Å². The Bertz CT molecular complexity index is 1250. The Morgan fingerprint density at radius 1 is 0.553 bits per heavy atom. The quantitative estimate of drug-likeness (QED) is 0.189. The molecule has 0 spiro atoms. The third-order valence-electron chi connectivity index (χ3n) is 5.78. The van der Waals surface area contributed by atoms with Gasteiger partial charge in [-0.25, -0.2) is 0 Å². The first kappa shape index (κ1) is 27.8. The monoisotopic (exact) mass is 638 g/mol. The van der Waals surface area contributed by atoms with Crippen molar-refractivity contribution < 1.29 is 9.59 Å². The van der Waals surface area contributed by atoms with Crippen LogP contribution < -0.4 is 31.0 Å². The Balaban J connectivity index is 1.38. The summed E-state index contributed by atoms with van der Waals surface area (Å²) in [7, 11) is 0. The van der Waals surface area contributed by atoms with Gasteiger partial charge in [-0.05, 0) is 0 Å². The van der Waals surface area contributed by atoms with Crippen LogP contribution in [0.4, 0.5) is 11.4 Å². The molecule has 0 saturated heterocycles. The van der Waals surface area contributed by atoms with E-state index in [2.05, 4.69) is 10.6 Å². The molecule has 0 aromatic heterocycles. The summed E-state index contributed by atoms with van der Waals surface area (Å²) in [6.07, 6.45) is 0.951. The Morgan fingerprint density at radius 3 is 1.29 bits per heavy atom. The molecule has 4 rings (SSSR count). The third-order valence-corrected chi connectivity index (χ3v) is 13.0. The van der Waals surface area contributed by atoms with Gasteiger partial charge in [-0.15, -0.1) is 0 Å². The van der Waals surface area contributed by atoms with Crippen LogP contribution in [-0.4, -0.2) is 50.2 Å². The van der Waals surface area contributed by atoms with Crippen LogP contribution in [0.3, 0.4) is 0 Å². The summed E-state index contributed by atoms with van der Waals surface area (Å²) in [6, 6.07) is 33.9. The fourth-order valence-electron chi connectivity index (χ4n) is 3.75. The summed E-state index contributed by atoms with van der Waals surface area (Å²) in [4.78, 5) is 25.7. The number of para-hydroxylation sites is 2. The summed E-state index contributed by atoms with van der Waals surface area (Å²) >= 11 is 0.126. The molecule has 4 aromatic rings. The molecule has 4 aromatic carbocycles. The number of hydrogen-bond acceptors (Lipinski definition) is 4. The molecular formula is C30H30N4O2Se2. The number of carbonyl (C=O) groups excluding carboxylic acids is 2. The van der Waals surface area contributed by atoms with E-state index in [1.165, 1.54) is 0 Å². The minimum atomic E-state index is -0.639. The normalized spacial score (nSPS) is 12.4. The predicted octanol–water partition coefficient (Wildman–Crippen LogP) is 1.98. The number of benzene rings is 4. The van der Waals surface area contributed by atoms with E-state index in [0.29, 0.717) is 12.8 Å². The molecule has 194 valence electrons. The Labute approximate surface area is 234 Å². The standard InChI is InChI=1S/C30H30N4O2Se2/c31-23(19-21-11-3-1-4-12-21)29(35)33-25-15-7-9-17-27(25)37-38-28-18-10-8-16-26(28)34-30(36)24(32)20-22-13-5-2-6-14-22/h1-18,23-24H,19-20,31-32H2,(H,33,35)(H,34,36)/t23-,24-/m0/s1. The number of amides is 2. The molecule has 0 unspecified atom stereocenters. The van der Waals surface area contributed by atoms with Gasteiger partial charge in [0.2, 0.25) is 0 Å². The van der Waals surface area contributed by atoms with Crippen molar-refractivity contribution in [3.8, 4) is 0 Å². The zero-order valence-electron chi connectivity index (χ0n) is 20.7. The van der Waals surface area contributed by atoms with E-state index in [1.807, 2.05) is 109 Å². The van der Waals surface area contributed by atoms with Crippen LogP contribution in [0.5, 0.6) is 0 Å². The van der Waals surface area contributed by atoms with E-state index in [1.54, 1.807) is 0 Å². The van der Waals surface area contributed by atoms with Crippen LogP contribution in [0, 0.1) is 0 Å². The van der Waals surface area contributed by atoms with Gasteiger partial charge in [0.15, 0.2) is 0 Å². The van der Waals surface area contributed by atoms with Gasteiger partial charge < -0.3 is 0 Å². The van der Waals surface area contributed by atoms with Crippen molar-refractivity contribution in [2.24, 2.45) is 11.5 Å². The van der Waals surface area contributed by atoms with Gasteiger partial charge in [-0.1, -0.05) is 0 Å². The molecule has 0 fully saturated rings. The summed E-state index contributed by atoms with van der Waals surface area (Å²) in [5.74, 6) is -0.408. The molecule has 0 saturated carbocycles. The topological polar surface area (TPSA) is 110 Å². The number of anilines is 2. The second-order valence-electron chi connectivity index (χ2n) is 8.73. The third kappa shape index (κ3) is 8.14. The SMILES string of the molecule is N[C@@H](Cc1ccccc1)C(=O)Nc1ccccc1[Se][Se]c1ccccc1NC(=O)[C@@H](N)Cc1ccccc1. The first-order valence-corrected chi connectivity index (χ1v) is 18.3. The fourth-order valence-corrected chi connectivity index (χ4v) is 10.7. The van der Waals surface area contributed by atoms with E-state index in [-0.39, 0.29) is 38.1 Å². The van der Waals surface area contributed by atoms with Crippen molar-refractivity contribution in [1.29, 1.82) is 0 Å². The van der Waals surface area contributed by atoms with Crippen LogP contribution in [0.15, 0.2) is 109 Å². The van der Waals surface area contributed by atoms with E-state index in [9.17, 15) is 9.59 Å². The van der Waals surface area contributed by atoms with Crippen molar-refractivity contribution >= 4 is 58.4 Å². The van der Waals surface area contributed by atoms with E-state index in [0.717, 1.165) is 31.4 Å². The number of rotatable bonds is 11. The number of hydrogen-bond donors (Lipinski definition) is 4. The van der Waals surface area contributed by atoms with Crippen molar-refractivity contribution in [2.45, 2.75) is 24.9 Å². The fraction of sp³-hybridized carbons (Fsp3) is 0.133. The van der Waals surface area contributed by atoms with Gasteiger partial charge in [0.1, 0.15) is 0 Å². The Hall–Kier alpha value is -3.22. The van der Waals surface area contributed by atoms with Crippen molar-refractivity contribution in [3.63, 3.8) is 0 Å². The first-order chi connectivity index (χ1) is 18.5. The van der Waals surface area contributed by atoms with Crippen molar-refractivity contribution in [2.75, 3.05) is 10.6 Å². The molecule has 0 aliphatic heterocycles. The van der Waals surface area contributed by atoms with E-state index in [4.69, 9.17) is 11.5 Å². The molecule has 38 heavy (non-hydrogen) atoms. The van der Waals surface area contributed by atoms with Gasteiger partial charge in [0, 0.05) is 0 Å². The van der Waals surface area contributed by atoms with Crippen molar-refractivity contribution in [3.05, 3.63) is 120 Å². The Morgan fingerprint density at radius 2 is 0.895 bits per heavy atom. The average Bonchev–Trinajstić information content (AvgIpc) is 2.94. The molecule has 2 amide bonds. The second kappa shape index (κ2) is 14.1. The number of nitrogens with two attached hydrogens (primary N) is 2. The molecule has 0 heterocycles. The molecule has 2 atom stereocenters. The van der Waals surface area contributed by atoms with Gasteiger partial charge in [0.05, 0.1) is 0 Å². The first-order valence-electron chi connectivity index (χ1n) is 12.2. The van der Waals surface area contributed by atoms with Gasteiger partial charge in [0.25, 0.3) is 0 Å². The molecule has 8 heteroatoms. The maximum absolute atomic E-state index is 12.8. The minimum absolute atomic E-state index is 0.0629. The summed E-state index contributed by atoms with van der Waals surface area (Å²) in [6.45, 7) is 0. The van der Waals surface area contributed by atoms with E-state index >= 15 is 0 Å². The predicted molar refractivity (Wildman–Crippen MR) is 157 cm³/mol. The molecule has 0 aliphatic carbocycles. The van der Waals surface area contributed by atoms with Crippen LogP contribution >= 0.6 is 0 Å². The summed E-state index contributed by atoms with van der Waals surface area (Å²) in [5.41, 5.74) is 16.0. The van der Waals surface area contributed by atoms with Crippen LogP contribution in [0.2, 0.25) is 0 Å². The number of nitrogens with one attached hydrogen (secondary N) is 2. The summed E-state index contributed by atoms with van der Waals surface area (Å²) in [5, 5.41) is 6.05. The van der Waals surface area contributed by atoms with Gasteiger partial charge >= 0.3 is 235 Å². The molecule has 6 nitrogen and oxygen atoms in total. The van der Waals surface area contributed by atoms with Crippen LogP contribution in [0.25, 0.3) is 0 Å². The van der Waals surface area contributed by atoms with Gasteiger partial charge in [-0.3, -0.25) is 0 Å². The van der Waals surface area contributed by atoms with Crippen molar-refractivity contribution in [1.82, 2.24) is 0 Å². The number of carbonyl (C=O) groups is 2. The maximum atomic E-state index is 12.8. The Kier molecular flexibility index (Phi) is 10.3. The van der Waals surface area contributed by atoms with Crippen LogP contribution in [-0.2, 0) is 22.4 Å². The molecule has 0 aliphatic rings.